The molecule has 0 aliphatic heterocycles. The van der Waals surface area contributed by atoms with Crippen LogP contribution in [0, 0.1) is 5.92 Å². The van der Waals surface area contributed by atoms with Crippen molar-refractivity contribution < 1.29 is 13.2 Å². The molecule has 1 aliphatic carbocycles. The second kappa shape index (κ2) is 5.93. The van der Waals surface area contributed by atoms with Crippen molar-refractivity contribution in [2.75, 3.05) is 5.32 Å². The number of amides is 1. The average molecular weight is 296 g/mol. The van der Waals surface area contributed by atoms with Crippen molar-refractivity contribution in [3.8, 4) is 0 Å². The highest BCUT2D eigenvalue weighted by Gasteiger charge is 2.28. The molecule has 0 aromatic heterocycles. The van der Waals surface area contributed by atoms with Crippen molar-refractivity contribution in [2.24, 2.45) is 5.92 Å². The number of carbonyl (C=O) groups excluding carboxylic acids is 1. The summed E-state index contributed by atoms with van der Waals surface area (Å²) in [7, 11) is -3.48. The number of nitrogens with one attached hydrogen (secondary N) is 2. The normalized spacial score (nSPS) is 16.7. The molecule has 0 heterocycles. The maximum atomic E-state index is 12.1. The van der Waals surface area contributed by atoms with Crippen LogP contribution in [0.3, 0.4) is 0 Å². The van der Waals surface area contributed by atoms with Crippen molar-refractivity contribution in [1.82, 2.24) is 4.72 Å². The van der Waals surface area contributed by atoms with Crippen molar-refractivity contribution in [1.29, 1.82) is 0 Å². The minimum atomic E-state index is -3.48. The predicted molar refractivity (Wildman–Crippen MR) is 77.9 cm³/mol. The van der Waals surface area contributed by atoms with Crippen LogP contribution in [0.15, 0.2) is 29.2 Å². The number of sulfonamides is 1. The van der Waals surface area contributed by atoms with E-state index >= 15 is 0 Å². The lowest BCUT2D eigenvalue weighted by Gasteiger charge is -2.11. The van der Waals surface area contributed by atoms with Crippen LogP contribution in [-0.2, 0) is 14.8 Å². The highest BCUT2D eigenvalue weighted by Crippen LogP contribution is 2.23. The third-order valence-corrected chi connectivity index (χ3v) is 4.89. The van der Waals surface area contributed by atoms with Crippen molar-refractivity contribution in [3.63, 3.8) is 0 Å². The second-order valence-corrected chi connectivity index (χ2v) is 6.94. The largest absolute Gasteiger partial charge is 0.326 e. The van der Waals surface area contributed by atoms with Gasteiger partial charge in [-0.05, 0) is 37.5 Å². The maximum absolute atomic E-state index is 12.1. The summed E-state index contributed by atoms with van der Waals surface area (Å²) >= 11 is 0. The van der Waals surface area contributed by atoms with Gasteiger partial charge in [0.15, 0.2) is 0 Å². The molecule has 6 heteroatoms. The van der Waals surface area contributed by atoms with E-state index in [0.717, 1.165) is 19.3 Å². The summed E-state index contributed by atoms with van der Waals surface area (Å²) < 4.78 is 26.8. The van der Waals surface area contributed by atoms with Crippen LogP contribution in [0.4, 0.5) is 5.69 Å². The van der Waals surface area contributed by atoms with E-state index in [1.807, 2.05) is 13.8 Å². The van der Waals surface area contributed by atoms with Crippen molar-refractivity contribution in [3.05, 3.63) is 24.3 Å². The summed E-state index contributed by atoms with van der Waals surface area (Å²) in [5.41, 5.74) is 0.508. The van der Waals surface area contributed by atoms with Crippen molar-refractivity contribution >= 4 is 21.6 Å². The van der Waals surface area contributed by atoms with Crippen LogP contribution in [0.2, 0.25) is 0 Å². The van der Waals surface area contributed by atoms with E-state index in [1.165, 1.54) is 12.1 Å². The third-order valence-electron chi connectivity index (χ3n) is 3.37. The molecule has 0 bridgehead atoms. The van der Waals surface area contributed by atoms with E-state index in [9.17, 15) is 13.2 Å². The number of benzene rings is 1. The van der Waals surface area contributed by atoms with Gasteiger partial charge in [0.25, 0.3) is 0 Å². The molecule has 1 fully saturated rings. The first-order valence-corrected chi connectivity index (χ1v) is 8.34. The molecule has 1 atom stereocenters. The fraction of sp³-hybridized carbons (Fsp3) is 0.500. The molecule has 1 amide bonds. The van der Waals surface area contributed by atoms with Crippen LogP contribution in [0.5, 0.6) is 0 Å². The molecule has 1 aliphatic rings. The van der Waals surface area contributed by atoms with E-state index in [4.69, 9.17) is 0 Å². The van der Waals surface area contributed by atoms with Gasteiger partial charge in [0.1, 0.15) is 0 Å². The minimum Gasteiger partial charge on any atom is -0.326 e. The zero-order valence-corrected chi connectivity index (χ0v) is 12.5. The Morgan fingerprint density at radius 3 is 2.70 bits per heavy atom. The summed E-state index contributed by atoms with van der Waals surface area (Å²) in [5.74, 6) is -0.197. The summed E-state index contributed by atoms with van der Waals surface area (Å²) in [4.78, 5) is 12.0. The molecule has 5 nitrogen and oxygen atoms in total. The molecule has 2 N–H and O–H groups in total. The highest BCUT2D eigenvalue weighted by molar-refractivity contribution is 7.89. The maximum Gasteiger partial charge on any atom is 0.240 e. The number of carbonyl (C=O) groups is 1. The minimum absolute atomic E-state index is 0.0679. The van der Waals surface area contributed by atoms with E-state index < -0.39 is 10.0 Å². The Hall–Kier alpha value is -1.40. The summed E-state index contributed by atoms with van der Waals surface area (Å²) in [6, 6.07) is 6.41. The molecule has 2 rings (SSSR count). The highest BCUT2D eigenvalue weighted by atomic mass is 32.2. The molecular formula is C14H20N2O3S. The molecule has 1 aromatic rings. The fourth-order valence-electron chi connectivity index (χ4n) is 1.68. The zero-order valence-electron chi connectivity index (χ0n) is 11.7. The fourth-order valence-corrected chi connectivity index (χ4v) is 3.03. The Balaban J connectivity index is 2.13. The SMILES string of the molecule is CCC(C)C(=O)Nc1cccc(S(=O)(=O)NC2CC2)c1. The number of anilines is 1. The molecular weight excluding hydrogens is 276 g/mol. The van der Waals surface area contributed by atoms with Gasteiger partial charge in [0.2, 0.25) is 15.9 Å². The van der Waals surface area contributed by atoms with E-state index in [0.29, 0.717) is 5.69 Å². The van der Waals surface area contributed by atoms with Crippen LogP contribution < -0.4 is 10.0 Å². The Bertz CT molecular complexity index is 594. The molecule has 20 heavy (non-hydrogen) atoms. The summed E-state index contributed by atoms with van der Waals surface area (Å²) in [5, 5.41) is 2.74. The first-order valence-electron chi connectivity index (χ1n) is 6.85. The number of hydrogen-bond donors (Lipinski definition) is 2. The van der Waals surface area contributed by atoms with Crippen LogP contribution in [0.25, 0.3) is 0 Å². The molecule has 0 radical (unpaired) electrons. The Morgan fingerprint density at radius 2 is 2.10 bits per heavy atom. The summed E-state index contributed by atoms with van der Waals surface area (Å²) in [6.45, 7) is 3.77. The van der Waals surface area contributed by atoms with E-state index in [-0.39, 0.29) is 22.8 Å². The van der Waals surface area contributed by atoms with Crippen LogP contribution >= 0.6 is 0 Å². The summed E-state index contributed by atoms with van der Waals surface area (Å²) in [6.07, 6.45) is 2.53. The Morgan fingerprint density at radius 1 is 1.40 bits per heavy atom. The van der Waals surface area contributed by atoms with Gasteiger partial charge in [-0.15, -0.1) is 0 Å². The molecule has 0 saturated heterocycles. The average Bonchev–Trinajstić information content (AvgIpc) is 3.21. The van der Waals surface area contributed by atoms with E-state index in [1.54, 1.807) is 12.1 Å². The lowest BCUT2D eigenvalue weighted by molar-refractivity contribution is -0.119. The van der Waals surface area contributed by atoms with Crippen LogP contribution in [0.1, 0.15) is 33.1 Å². The number of hydrogen-bond acceptors (Lipinski definition) is 3. The van der Waals surface area contributed by atoms with Gasteiger partial charge in [-0.1, -0.05) is 19.9 Å². The molecule has 1 aromatic carbocycles. The predicted octanol–water partition coefficient (Wildman–Crippen LogP) is 2.11. The van der Waals surface area contributed by atoms with Gasteiger partial charge in [-0.25, -0.2) is 13.1 Å². The monoisotopic (exact) mass is 296 g/mol. The lowest BCUT2D eigenvalue weighted by atomic mass is 10.1. The van der Waals surface area contributed by atoms with E-state index in [2.05, 4.69) is 10.0 Å². The number of rotatable bonds is 6. The zero-order chi connectivity index (χ0) is 14.8. The van der Waals surface area contributed by atoms with Gasteiger partial charge in [0.05, 0.1) is 4.90 Å². The topological polar surface area (TPSA) is 75.3 Å². The van der Waals surface area contributed by atoms with Crippen molar-refractivity contribution in [2.45, 2.75) is 44.0 Å². The molecule has 1 saturated carbocycles. The van der Waals surface area contributed by atoms with Crippen LogP contribution in [-0.4, -0.2) is 20.4 Å². The van der Waals surface area contributed by atoms with Gasteiger partial charge >= 0.3 is 0 Å². The smallest absolute Gasteiger partial charge is 0.240 e. The Labute approximate surface area is 119 Å². The molecule has 0 spiro atoms. The second-order valence-electron chi connectivity index (χ2n) is 5.22. The first-order chi connectivity index (χ1) is 9.42. The third kappa shape index (κ3) is 3.80. The Kier molecular flexibility index (Phi) is 4.45. The van der Waals surface area contributed by atoms with Gasteiger partial charge in [0, 0.05) is 17.6 Å². The van der Waals surface area contributed by atoms with Gasteiger partial charge in [-0.3, -0.25) is 4.79 Å². The quantitative estimate of drug-likeness (QED) is 0.844. The van der Waals surface area contributed by atoms with Gasteiger partial charge < -0.3 is 5.32 Å². The standard InChI is InChI=1S/C14H20N2O3S/c1-3-10(2)14(17)15-12-5-4-6-13(9-12)20(18,19)16-11-7-8-11/h4-6,9-11,16H,3,7-8H2,1-2H3,(H,15,17). The lowest BCUT2D eigenvalue weighted by Crippen LogP contribution is -2.26. The molecule has 110 valence electrons. The van der Waals surface area contributed by atoms with Gasteiger partial charge in [-0.2, -0.15) is 0 Å². The molecule has 1 unspecified atom stereocenters. The first kappa shape index (κ1) is 15.0.